The topological polar surface area (TPSA) is 119 Å². The minimum atomic E-state index is -4.65. The Morgan fingerprint density at radius 1 is 0.913 bits per heavy atom. The van der Waals surface area contributed by atoms with E-state index >= 15 is 0 Å². The zero-order chi connectivity index (χ0) is 33.3. The van der Waals surface area contributed by atoms with Gasteiger partial charge in [-0.15, -0.1) is 0 Å². The van der Waals surface area contributed by atoms with Crippen molar-refractivity contribution in [3.63, 3.8) is 0 Å². The minimum Gasteiger partial charge on any atom is -0.465 e. The summed E-state index contributed by atoms with van der Waals surface area (Å²) < 4.78 is 56.9. The number of hydrogen-bond acceptors (Lipinski definition) is 5. The molecule has 10 nitrogen and oxygen atoms in total. The number of hydrogen-bond donors (Lipinski definition) is 1. The number of carbonyl (C=O) groups excluding carboxylic acids is 2. The molecule has 2 aliphatic rings. The molecule has 0 saturated carbocycles. The molecule has 2 fully saturated rings. The molecular weight excluding hydrogens is 689 g/mol. The quantitative estimate of drug-likeness (QED) is 0.331. The Bertz CT molecular complexity index is 1740. The van der Waals surface area contributed by atoms with Gasteiger partial charge in [0.05, 0.1) is 18.1 Å². The third-order valence-electron chi connectivity index (χ3n) is 7.86. The fourth-order valence-electron chi connectivity index (χ4n) is 5.74. The molecule has 3 atom stereocenters. The lowest BCUT2D eigenvalue weighted by Crippen LogP contribution is -2.76. The van der Waals surface area contributed by atoms with E-state index in [4.69, 9.17) is 34.8 Å². The molecular formula is C30H27Cl3F2N4O6S. The van der Waals surface area contributed by atoms with Gasteiger partial charge in [-0.1, -0.05) is 77.3 Å². The number of amides is 3. The molecule has 0 aromatic heterocycles. The Morgan fingerprint density at radius 3 is 2.17 bits per heavy atom. The van der Waals surface area contributed by atoms with Crippen LogP contribution in [-0.4, -0.2) is 94.7 Å². The lowest BCUT2D eigenvalue weighted by atomic mass is 9.96. The molecule has 5 rings (SSSR count). The van der Waals surface area contributed by atoms with Gasteiger partial charge in [0.15, 0.2) is 0 Å². The molecule has 0 radical (unpaired) electrons. The molecule has 3 unspecified atom stereocenters. The Morgan fingerprint density at radius 2 is 1.57 bits per heavy atom. The average Bonchev–Trinajstić information content (AvgIpc) is 2.99. The summed E-state index contributed by atoms with van der Waals surface area (Å²) in [7, 11) is -4.65. The highest BCUT2D eigenvalue weighted by Crippen LogP contribution is 2.36. The van der Waals surface area contributed by atoms with Gasteiger partial charge in [0.2, 0.25) is 21.8 Å². The lowest BCUT2D eigenvalue weighted by Gasteiger charge is -2.54. The monoisotopic (exact) mass is 714 g/mol. The molecule has 0 bridgehead atoms. The largest absolute Gasteiger partial charge is 0.465 e. The highest BCUT2D eigenvalue weighted by molar-refractivity contribution is 7.89. The number of piperazine rings is 1. The van der Waals surface area contributed by atoms with Crippen LogP contribution in [-0.2, 0) is 32.6 Å². The molecule has 2 aliphatic heterocycles. The first kappa shape index (κ1) is 33.9. The van der Waals surface area contributed by atoms with E-state index in [0.717, 1.165) is 25.1 Å². The van der Waals surface area contributed by atoms with Crippen molar-refractivity contribution in [3.05, 3.63) is 99.0 Å². The average molecular weight is 716 g/mol. The van der Waals surface area contributed by atoms with E-state index in [0.29, 0.717) is 16.1 Å². The van der Waals surface area contributed by atoms with Gasteiger partial charge in [0.25, 0.3) is 6.43 Å². The predicted molar refractivity (Wildman–Crippen MR) is 166 cm³/mol. The Hall–Kier alpha value is -3.49. The van der Waals surface area contributed by atoms with Gasteiger partial charge < -0.3 is 14.9 Å². The van der Waals surface area contributed by atoms with Crippen molar-refractivity contribution in [2.45, 2.75) is 42.5 Å². The van der Waals surface area contributed by atoms with Crippen molar-refractivity contribution < 1.29 is 36.7 Å². The van der Waals surface area contributed by atoms with Gasteiger partial charge in [-0.2, -0.15) is 4.31 Å². The minimum absolute atomic E-state index is 0.145. The lowest BCUT2D eigenvalue weighted by molar-refractivity contribution is -0.171. The zero-order valence-electron chi connectivity index (χ0n) is 23.8. The van der Waals surface area contributed by atoms with E-state index in [1.807, 2.05) is 0 Å². The first-order valence-corrected chi connectivity index (χ1v) is 16.5. The third kappa shape index (κ3) is 6.93. The van der Waals surface area contributed by atoms with Gasteiger partial charge in [0.1, 0.15) is 23.1 Å². The van der Waals surface area contributed by atoms with Crippen LogP contribution in [0.3, 0.4) is 0 Å². The number of fused-ring (bicyclic) bond motifs is 1. The van der Waals surface area contributed by atoms with Gasteiger partial charge in [-0.3, -0.25) is 14.5 Å². The van der Waals surface area contributed by atoms with Crippen LogP contribution in [0.4, 0.5) is 13.6 Å². The second-order valence-electron chi connectivity index (χ2n) is 10.8. The highest BCUT2D eigenvalue weighted by atomic mass is 35.5. The number of nitrogens with zero attached hydrogens (tertiary/aromatic N) is 4. The standard InChI is InChI=1S/C30H27Cl3F2N4O6S/c31-20-8-6-18(7-9-20)12-23-28(40)36(16-26(34)35)17-27-38(46(44,45)25-11-10-21(32)13-22(25)33)15-24(29(41)39(23)27)37(30(42)43)14-19-4-2-1-3-5-19/h1-11,13,23-24,26-27H,12,14-17H2,(H,42,43). The summed E-state index contributed by atoms with van der Waals surface area (Å²) >= 11 is 18.3. The Labute approximate surface area is 278 Å². The normalized spacial score (nSPS) is 20.6. The van der Waals surface area contributed by atoms with E-state index in [-0.39, 0.29) is 23.0 Å². The maximum Gasteiger partial charge on any atom is 0.408 e. The summed E-state index contributed by atoms with van der Waals surface area (Å²) in [5.41, 5.74) is 1.02. The number of sulfonamides is 1. The maximum absolute atomic E-state index is 14.4. The molecule has 3 amide bonds. The van der Waals surface area contributed by atoms with Crippen LogP contribution in [0.2, 0.25) is 15.1 Å². The van der Waals surface area contributed by atoms with Crippen molar-refractivity contribution in [3.8, 4) is 0 Å². The van der Waals surface area contributed by atoms with Crippen LogP contribution < -0.4 is 0 Å². The predicted octanol–water partition coefficient (Wildman–Crippen LogP) is 5.07. The van der Waals surface area contributed by atoms with Gasteiger partial charge in [-0.05, 0) is 41.5 Å². The zero-order valence-corrected chi connectivity index (χ0v) is 26.9. The van der Waals surface area contributed by atoms with Crippen LogP contribution >= 0.6 is 34.8 Å². The second kappa shape index (κ2) is 13.7. The van der Waals surface area contributed by atoms with Gasteiger partial charge in [0, 0.05) is 29.6 Å². The summed E-state index contributed by atoms with van der Waals surface area (Å²) in [5, 5.41) is 10.6. The van der Waals surface area contributed by atoms with E-state index in [1.54, 1.807) is 54.6 Å². The van der Waals surface area contributed by atoms with Gasteiger partial charge in [-0.25, -0.2) is 22.0 Å². The van der Waals surface area contributed by atoms with Crippen molar-refractivity contribution in [1.82, 2.24) is 19.0 Å². The van der Waals surface area contributed by atoms with Crippen LogP contribution in [0.15, 0.2) is 77.7 Å². The molecule has 0 aliphatic carbocycles. The van der Waals surface area contributed by atoms with E-state index < -0.39 is 77.1 Å². The first-order chi connectivity index (χ1) is 21.8. The summed E-state index contributed by atoms with van der Waals surface area (Å²) in [4.78, 5) is 43.0. The van der Waals surface area contributed by atoms with Crippen LogP contribution in [0.25, 0.3) is 0 Å². The molecule has 244 valence electrons. The van der Waals surface area contributed by atoms with Gasteiger partial charge >= 0.3 is 6.09 Å². The summed E-state index contributed by atoms with van der Waals surface area (Å²) in [6.07, 6.45) is -6.13. The highest BCUT2D eigenvalue weighted by Gasteiger charge is 2.55. The molecule has 2 heterocycles. The van der Waals surface area contributed by atoms with Crippen molar-refractivity contribution in [2.24, 2.45) is 0 Å². The van der Waals surface area contributed by atoms with Crippen LogP contribution in [0.5, 0.6) is 0 Å². The number of carbonyl (C=O) groups is 3. The van der Waals surface area contributed by atoms with E-state index in [9.17, 15) is 36.7 Å². The van der Waals surface area contributed by atoms with Crippen LogP contribution in [0, 0.1) is 0 Å². The first-order valence-electron chi connectivity index (χ1n) is 13.9. The fraction of sp³-hybridized carbons (Fsp3) is 0.300. The number of benzene rings is 3. The Balaban J connectivity index is 1.66. The number of rotatable bonds is 9. The number of alkyl halides is 2. The second-order valence-corrected chi connectivity index (χ2v) is 13.9. The number of halogens is 5. The maximum atomic E-state index is 14.4. The van der Waals surface area contributed by atoms with Crippen molar-refractivity contribution in [2.75, 3.05) is 19.6 Å². The number of carboxylic acid groups (broad SMARTS) is 1. The molecule has 2 saturated heterocycles. The van der Waals surface area contributed by atoms with Crippen molar-refractivity contribution >= 4 is 62.7 Å². The Kier molecular flexibility index (Phi) is 10.1. The molecule has 16 heteroatoms. The summed E-state index contributed by atoms with van der Waals surface area (Å²) in [6.45, 7) is -2.56. The van der Waals surface area contributed by atoms with E-state index in [1.165, 1.54) is 12.1 Å². The third-order valence-corrected chi connectivity index (χ3v) is 10.7. The summed E-state index contributed by atoms with van der Waals surface area (Å²) in [5.74, 6) is -1.69. The van der Waals surface area contributed by atoms with Crippen molar-refractivity contribution in [1.29, 1.82) is 0 Å². The molecule has 46 heavy (non-hydrogen) atoms. The molecule has 1 N–H and O–H groups in total. The fourth-order valence-corrected chi connectivity index (χ4v) is 8.19. The molecule has 3 aromatic carbocycles. The van der Waals surface area contributed by atoms with Crippen LogP contribution in [0.1, 0.15) is 11.1 Å². The smallest absolute Gasteiger partial charge is 0.408 e. The molecule has 0 spiro atoms. The molecule has 3 aromatic rings. The van der Waals surface area contributed by atoms with E-state index in [2.05, 4.69) is 0 Å². The SMILES string of the molecule is O=C1C(Cc2ccc(Cl)cc2)N2C(=O)C(N(Cc3ccccc3)C(=O)O)CN(S(=O)(=O)c3ccc(Cl)cc3Cl)C2CN1CC(F)F. The summed E-state index contributed by atoms with van der Waals surface area (Å²) in [6, 6.07) is 15.2.